The van der Waals surface area contributed by atoms with Crippen LogP contribution in [-0.4, -0.2) is 47.1 Å². The predicted molar refractivity (Wildman–Crippen MR) is 118 cm³/mol. The summed E-state index contributed by atoms with van der Waals surface area (Å²) in [6, 6.07) is 14.5. The zero-order valence-corrected chi connectivity index (χ0v) is 17.8. The molecule has 0 bridgehead atoms. The summed E-state index contributed by atoms with van der Waals surface area (Å²) in [5.74, 6) is -0.0904. The monoisotopic (exact) mass is 466 g/mol. The molecule has 4 amide bonds. The first kappa shape index (κ1) is 24.0. The maximum atomic E-state index is 13.3. The molecule has 0 spiro atoms. The van der Waals surface area contributed by atoms with Gasteiger partial charge in [0.15, 0.2) is 0 Å². The number of urea groups is 2. The second-order valence-corrected chi connectivity index (χ2v) is 6.77. The number of rotatable bonds is 10. The molecule has 1 atom stereocenters. The molecule has 2 aromatic carbocycles. The van der Waals surface area contributed by atoms with Crippen LogP contribution in [0.5, 0.6) is 0 Å². The minimum absolute atomic E-state index is 0.00218. The van der Waals surface area contributed by atoms with Crippen LogP contribution in [0.15, 0.2) is 71.2 Å². The zero-order chi connectivity index (χ0) is 22.6. The van der Waals surface area contributed by atoms with E-state index in [1.807, 2.05) is 0 Å². The second-order valence-electron chi connectivity index (χ2n) is 6.09. The predicted octanol–water partition coefficient (Wildman–Crippen LogP) is 4.47. The molecule has 1 N–H and O–H groups in total. The standard InChI is InChI=1S/C19H20Cl2N6O4/c20-11-12-26(23-30)18(28)22-14-25(16-9-5-2-6-10-16)19(29)27(24-31)17(13-21)15-7-3-1-4-8-15/h1-10,17H,11-14H2,(H,22,28). The van der Waals surface area contributed by atoms with Crippen molar-refractivity contribution in [1.29, 1.82) is 0 Å². The first-order valence-electron chi connectivity index (χ1n) is 9.11. The minimum atomic E-state index is -0.855. The van der Waals surface area contributed by atoms with Crippen molar-refractivity contribution < 1.29 is 9.59 Å². The van der Waals surface area contributed by atoms with Crippen LogP contribution >= 0.6 is 23.2 Å². The summed E-state index contributed by atoms with van der Waals surface area (Å²) >= 11 is 11.6. The average molecular weight is 467 g/mol. The number of benzene rings is 2. The van der Waals surface area contributed by atoms with Gasteiger partial charge in [0.25, 0.3) is 0 Å². The fourth-order valence-corrected chi connectivity index (χ4v) is 3.16. The van der Waals surface area contributed by atoms with E-state index in [1.54, 1.807) is 60.7 Å². The fourth-order valence-electron chi connectivity index (χ4n) is 2.69. The molecule has 0 fully saturated rings. The van der Waals surface area contributed by atoms with E-state index in [-0.39, 0.29) is 25.0 Å². The number of carbonyl (C=O) groups excluding carboxylic acids is 2. The van der Waals surface area contributed by atoms with Crippen molar-refractivity contribution in [3.05, 3.63) is 76.0 Å². The number of halogens is 2. The molecule has 0 aliphatic carbocycles. The third kappa shape index (κ3) is 6.37. The molecule has 0 heterocycles. The Bertz CT molecular complexity index is 874. The number of alkyl halides is 2. The summed E-state index contributed by atoms with van der Waals surface area (Å²) in [5, 5.41) is 9.18. The number of amides is 4. The van der Waals surface area contributed by atoms with Gasteiger partial charge in [-0.3, -0.25) is 4.90 Å². The molecule has 0 saturated heterocycles. The molecule has 31 heavy (non-hydrogen) atoms. The lowest BCUT2D eigenvalue weighted by Gasteiger charge is -2.30. The van der Waals surface area contributed by atoms with Gasteiger partial charge in [-0.25, -0.2) is 9.59 Å². The second kappa shape index (κ2) is 12.5. The summed E-state index contributed by atoms with van der Waals surface area (Å²) in [4.78, 5) is 49.0. The van der Waals surface area contributed by atoms with Crippen LogP contribution in [0.4, 0.5) is 15.3 Å². The minimum Gasteiger partial charge on any atom is -0.318 e. The molecule has 0 aliphatic rings. The molecular weight excluding hydrogens is 447 g/mol. The normalized spacial score (nSPS) is 11.2. The Labute approximate surface area is 188 Å². The third-order valence-electron chi connectivity index (χ3n) is 4.23. The van der Waals surface area contributed by atoms with Crippen molar-refractivity contribution in [3.8, 4) is 0 Å². The fraction of sp³-hybridized carbons (Fsp3) is 0.263. The van der Waals surface area contributed by atoms with Crippen LogP contribution in [0.3, 0.4) is 0 Å². The van der Waals surface area contributed by atoms with Crippen molar-refractivity contribution in [1.82, 2.24) is 15.3 Å². The lowest BCUT2D eigenvalue weighted by Crippen LogP contribution is -2.50. The topological polar surface area (TPSA) is 115 Å². The van der Waals surface area contributed by atoms with E-state index < -0.39 is 18.1 Å². The first-order chi connectivity index (χ1) is 15.1. The summed E-state index contributed by atoms with van der Waals surface area (Å²) < 4.78 is 0. The molecule has 2 aromatic rings. The van der Waals surface area contributed by atoms with Gasteiger partial charge in [-0.05, 0) is 17.7 Å². The van der Waals surface area contributed by atoms with Gasteiger partial charge < -0.3 is 5.32 Å². The van der Waals surface area contributed by atoms with Crippen molar-refractivity contribution in [2.45, 2.75) is 6.04 Å². The van der Waals surface area contributed by atoms with E-state index in [4.69, 9.17) is 23.2 Å². The van der Waals surface area contributed by atoms with Gasteiger partial charge in [0.2, 0.25) is 0 Å². The number of nitrogens with zero attached hydrogens (tertiary/aromatic N) is 5. The average Bonchev–Trinajstić information content (AvgIpc) is 2.81. The Hall–Kier alpha value is -3.24. The van der Waals surface area contributed by atoms with E-state index in [9.17, 15) is 19.4 Å². The van der Waals surface area contributed by atoms with E-state index in [2.05, 4.69) is 15.9 Å². The number of hydrogen-bond donors (Lipinski definition) is 1. The van der Waals surface area contributed by atoms with Gasteiger partial charge in [-0.1, -0.05) is 48.5 Å². The van der Waals surface area contributed by atoms with Crippen molar-refractivity contribution in [2.24, 2.45) is 10.6 Å². The molecule has 2 rings (SSSR count). The van der Waals surface area contributed by atoms with E-state index >= 15 is 0 Å². The van der Waals surface area contributed by atoms with Gasteiger partial charge in [-0.2, -0.15) is 10.0 Å². The SMILES string of the molecule is O=NN(CCCl)C(=O)NCN(C(=O)N(N=O)C(CCl)c1ccccc1)c1ccccc1. The molecule has 10 nitrogen and oxygen atoms in total. The van der Waals surface area contributed by atoms with Crippen LogP contribution < -0.4 is 10.2 Å². The maximum absolute atomic E-state index is 13.3. The summed E-state index contributed by atoms with van der Waals surface area (Å²) in [5.41, 5.74) is 0.992. The number of carbonyl (C=O) groups is 2. The highest BCUT2D eigenvalue weighted by Gasteiger charge is 2.31. The van der Waals surface area contributed by atoms with Crippen molar-refractivity contribution in [3.63, 3.8) is 0 Å². The summed E-state index contributed by atoms with van der Waals surface area (Å²) in [6.07, 6.45) is 0. The molecule has 1 unspecified atom stereocenters. The van der Waals surface area contributed by atoms with Gasteiger partial charge >= 0.3 is 12.1 Å². The number of para-hydroxylation sites is 1. The van der Waals surface area contributed by atoms with Crippen LogP contribution in [0.2, 0.25) is 0 Å². The highest BCUT2D eigenvalue weighted by molar-refractivity contribution is 6.18. The van der Waals surface area contributed by atoms with E-state index in [0.29, 0.717) is 21.3 Å². The summed E-state index contributed by atoms with van der Waals surface area (Å²) in [7, 11) is 0. The molecule has 164 valence electrons. The maximum Gasteiger partial charge on any atom is 0.349 e. The highest BCUT2D eigenvalue weighted by Crippen LogP contribution is 2.25. The Morgan fingerprint density at radius 3 is 2.06 bits per heavy atom. The van der Waals surface area contributed by atoms with E-state index in [1.165, 1.54) is 0 Å². The molecule has 0 aliphatic heterocycles. The van der Waals surface area contributed by atoms with Crippen LogP contribution in [0.1, 0.15) is 11.6 Å². The van der Waals surface area contributed by atoms with Gasteiger partial charge in [-0.15, -0.1) is 33.0 Å². The van der Waals surface area contributed by atoms with Crippen molar-refractivity contribution >= 4 is 41.0 Å². The lowest BCUT2D eigenvalue weighted by molar-refractivity contribution is 0.186. The Balaban J connectivity index is 2.30. The first-order valence-corrected chi connectivity index (χ1v) is 10.2. The number of anilines is 1. The lowest BCUT2D eigenvalue weighted by atomic mass is 10.1. The molecule has 0 aromatic heterocycles. The third-order valence-corrected chi connectivity index (χ3v) is 4.69. The quantitative estimate of drug-likeness (QED) is 0.240. The smallest absolute Gasteiger partial charge is 0.318 e. The molecule has 0 radical (unpaired) electrons. The zero-order valence-electron chi connectivity index (χ0n) is 16.3. The van der Waals surface area contributed by atoms with Crippen LogP contribution in [0.25, 0.3) is 0 Å². The van der Waals surface area contributed by atoms with Gasteiger partial charge in [0.1, 0.15) is 6.67 Å². The summed E-state index contributed by atoms with van der Waals surface area (Å²) in [6.45, 7) is -0.480. The number of nitrogens with one attached hydrogen (secondary N) is 1. The van der Waals surface area contributed by atoms with Crippen LogP contribution in [0, 0.1) is 9.81 Å². The Morgan fingerprint density at radius 2 is 1.55 bits per heavy atom. The number of nitroso groups, excluding NO2 is 2. The molecule has 12 heteroatoms. The Kier molecular flexibility index (Phi) is 9.66. The Morgan fingerprint density at radius 1 is 0.935 bits per heavy atom. The van der Waals surface area contributed by atoms with Gasteiger partial charge in [0.05, 0.1) is 23.2 Å². The number of hydrogen-bond acceptors (Lipinski definition) is 6. The highest BCUT2D eigenvalue weighted by atomic mass is 35.5. The largest absolute Gasteiger partial charge is 0.349 e. The van der Waals surface area contributed by atoms with E-state index in [0.717, 1.165) is 4.90 Å². The molecular formula is C19H20Cl2N6O4. The molecule has 0 saturated carbocycles. The van der Waals surface area contributed by atoms with Crippen LogP contribution in [-0.2, 0) is 0 Å². The van der Waals surface area contributed by atoms with Crippen molar-refractivity contribution in [2.75, 3.05) is 29.9 Å². The van der Waals surface area contributed by atoms with Gasteiger partial charge in [0, 0.05) is 17.4 Å².